The number of aryl methyl sites for hydroxylation is 1. The van der Waals surface area contributed by atoms with E-state index in [-0.39, 0.29) is 6.03 Å². The summed E-state index contributed by atoms with van der Waals surface area (Å²) in [4.78, 5) is 14.5. The number of nitrogens with zero attached hydrogens (tertiary/aromatic N) is 3. The first-order valence-electron chi connectivity index (χ1n) is 7.62. The molecule has 2 fully saturated rings. The molecule has 116 valence electrons. The summed E-state index contributed by atoms with van der Waals surface area (Å²) in [6.07, 6.45) is 5.58. The number of aromatic nitrogens is 2. The second-order valence-corrected chi connectivity index (χ2v) is 6.69. The summed E-state index contributed by atoms with van der Waals surface area (Å²) in [5.74, 6) is 0.937. The highest BCUT2D eigenvalue weighted by Crippen LogP contribution is 2.55. The quantitative estimate of drug-likeness (QED) is 0.931. The Balaban J connectivity index is 1.71. The van der Waals surface area contributed by atoms with Gasteiger partial charge in [0.2, 0.25) is 0 Å². The number of likely N-dealkylation sites (tertiary alicyclic amines) is 1. The number of methoxy groups -OCH3 is 1. The highest BCUT2D eigenvalue weighted by molar-refractivity contribution is 5.91. The molecule has 1 aromatic rings. The maximum absolute atomic E-state index is 12.5. The van der Waals surface area contributed by atoms with Crippen LogP contribution in [-0.2, 0) is 7.05 Å². The summed E-state index contributed by atoms with van der Waals surface area (Å²) >= 11 is 0. The van der Waals surface area contributed by atoms with Gasteiger partial charge in [-0.2, -0.15) is 0 Å². The lowest BCUT2D eigenvalue weighted by atomic mass is 9.55. The standard InChI is InChI=1S/C15H24N4O2/c1-10(2)12-15(6-5-7-15)9-19(12)14(20)16-11-8-18(3)17-13(11)21-4/h8,10,12H,5-7,9H2,1-4H3,(H,16,20). The maximum Gasteiger partial charge on any atom is 0.322 e. The van der Waals surface area contributed by atoms with E-state index < -0.39 is 0 Å². The van der Waals surface area contributed by atoms with Crippen molar-refractivity contribution in [3.8, 4) is 5.88 Å². The molecule has 1 N–H and O–H groups in total. The molecule has 0 bridgehead atoms. The van der Waals surface area contributed by atoms with Gasteiger partial charge in [-0.25, -0.2) is 4.79 Å². The summed E-state index contributed by atoms with van der Waals surface area (Å²) in [7, 11) is 3.37. The van der Waals surface area contributed by atoms with Crippen LogP contribution in [0.4, 0.5) is 10.5 Å². The molecular weight excluding hydrogens is 268 g/mol. The fourth-order valence-electron chi connectivity index (χ4n) is 3.99. The zero-order valence-electron chi connectivity index (χ0n) is 13.2. The van der Waals surface area contributed by atoms with Crippen LogP contribution in [0.25, 0.3) is 0 Å². The topological polar surface area (TPSA) is 59.4 Å². The average molecular weight is 292 g/mol. The summed E-state index contributed by atoms with van der Waals surface area (Å²) in [5.41, 5.74) is 1.02. The zero-order chi connectivity index (χ0) is 15.2. The van der Waals surface area contributed by atoms with Crippen LogP contribution in [-0.4, -0.2) is 40.4 Å². The van der Waals surface area contributed by atoms with Crippen LogP contribution < -0.4 is 10.1 Å². The molecule has 1 saturated heterocycles. The van der Waals surface area contributed by atoms with Gasteiger partial charge in [-0.1, -0.05) is 20.3 Å². The minimum atomic E-state index is -0.0440. The number of nitrogens with one attached hydrogen (secondary N) is 1. The van der Waals surface area contributed by atoms with Crippen LogP contribution in [0.3, 0.4) is 0 Å². The predicted octanol–water partition coefficient (Wildman–Crippen LogP) is 2.47. The number of urea groups is 1. The molecule has 21 heavy (non-hydrogen) atoms. The van der Waals surface area contributed by atoms with Crippen molar-refractivity contribution >= 4 is 11.7 Å². The minimum Gasteiger partial charge on any atom is -0.478 e. The fraction of sp³-hybridized carbons (Fsp3) is 0.733. The number of amides is 2. The Hall–Kier alpha value is -1.72. The molecular formula is C15H24N4O2. The largest absolute Gasteiger partial charge is 0.478 e. The highest BCUT2D eigenvalue weighted by Gasteiger charge is 2.58. The normalized spacial score (nSPS) is 22.9. The molecule has 1 aromatic heterocycles. The summed E-state index contributed by atoms with van der Waals surface area (Å²) in [6.45, 7) is 5.29. The third kappa shape index (κ3) is 2.17. The lowest BCUT2D eigenvalue weighted by Gasteiger charge is -2.63. The lowest BCUT2D eigenvalue weighted by molar-refractivity contribution is -0.114. The first kappa shape index (κ1) is 14.2. The molecule has 6 heteroatoms. The van der Waals surface area contributed by atoms with Gasteiger partial charge in [0.15, 0.2) is 0 Å². The van der Waals surface area contributed by atoms with Crippen molar-refractivity contribution in [3.05, 3.63) is 6.20 Å². The number of anilines is 1. The van der Waals surface area contributed by atoms with Gasteiger partial charge in [-0.3, -0.25) is 4.68 Å². The zero-order valence-corrected chi connectivity index (χ0v) is 13.2. The Morgan fingerprint density at radius 2 is 2.24 bits per heavy atom. The van der Waals surface area contributed by atoms with Crippen LogP contribution in [0.2, 0.25) is 0 Å². The number of ether oxygens (including phenoxy) is 1. The average Bonchev–Trinajstić information content (AvgIpc) is 2.65. The molecule has 0 radical (unpaired) electrons. The fourth-order valence-corrected chi connectivity index (χ4v) is 3.99. The predicted molar refractivity (Wildman–Crippen MR) is 80.4 cm³/mol. The molecule has 1 spiro atoms. The van der Waals surface area contributed by atoms with E-state index in [9.17, 15) is 4.79 Å². The van der Waals surface area contributed by atoms with Crippen molar-refractivity contribution in [2.45, 2.75) is 39.2 Å². The van der Waals surface area contributed by atoms with Gasteiger partial charge in [-0.15, -0.1) is 5.10 Å². The van der Waals surface area contributed by atoms with Crippen molar-refractivity contribution in [2.75, 3.05) is 19.0 Å². The highest BCUT2D eigenvalue weighted by atomic mass is 16.5. The van der Waals surface area contributed by atoms with Crippen LogP contribution in [0.15, 0.2) is 6.20 Å². The van der Waals surface area contributed by atoms with Gasteiger partial charge in [0, 0.05) is 25.0 Å². The molecule has 3 rings (SSSR count). The van der Waals surface area contributed by atoms with Crippen molar-refractivity contribution in [3.63, 3.8) is 0 Å². The Morgan fingerprint density at radius 3 is 2.76 bits per heavy atom. The van der Waals surface area contributed by atoms with Gasteiger partial charge in [0.1, 0.15) is 5.69 Å². The molecule has 1 aliphatic carbocycles. The molecule has 6 nitrogen and oxygen atoms in total. The van der Waals surface area contributed by atoms with Crippen LogP contribution in [0, 0.1) is 11.3 Å². The van der Waals surface area contributed by atoms with Crippen molar-refractivity contribution in [1.29, 1.82) is 0 Å². The number of hydrogen-bond donors (Lipinski definition) is 1. The summed E-state index contributed by atoms with van der Waals surface area (Å²) in [5, 5.41) is 7.09. The minimum absolute atomic E-state index is 0.0440. The van der Waals surface area contributed by atoms with Crippen molar-refractivity contribution < 1.29 is 9.53 Å². The van der Waals surface area contributed by atoms with E-state index in [2.05, 4.69) is 24.3 Å². The van der Waals surface area contributed by atoms with Crippen molar-refractivity contribution in [1.82, 2.24) is 14.7 Å². The molecule has 1 saturated carbocycles. The molecule has 1 aliphatic heterocycles. The second-order valence-electron chi connectivity index (χ2n) is 6.69. The van der Waals surface area contributed by atoms with E-state index in [4.69, 9.17) is 4.74 Å². The monoisotopic (exact) mass is 292 g/mol. The molecule has 2 amide bonds. The van der Waals surface area contributed by atoms with Crippen LogP contribution in [0.1, 0.15) is 33.1 Å². The molecule has 0 aromatic carbocycles. The Kier molecular flexibility index (Phi) is 3.34. The molecule has 2 aliphatic rings. The third-order valence-corrected chi connectivity index (χ3v) is 4.92. The van der Waals surface area contributed by atoms with Crippen LogP contribution in [0.5, 0.6) is 5.88 Å². The summed E-state index contributed by atoms with van der Waals surface area (Å²) < 4.78 is 6.82. The van der Waals surface area contributed by atoms with Gasteiger partial charge >= 0.3 is 6.03 Å². The molecule has 1 atom stereocenters. The molecule has 2 heterocycles. The van der Waals surface area contributed by atoms with Gasteiger partial charge in [0.25, 0.3) is 5.88 Å². The maximum atomic E-state index is 12.5. The SMILES string of the molecule is COc1nn(C)cc1NC(=O)N1CC2(CCC2)C1C(C)C. The van der Waals surface area contributed by atoms with E-state index in [0.29, 0.717) is 28.9 Å². The van der Waals surface area contributed by atoms with Crippen molar-refractivity contribution in [2.24, 2.45) is 18.4 Å². The Labute approximate surface area is 125 Å². The number of carbonyl (C=O) groups excluding carboxylic acids is 1. The summed E-state index contributed by atoms with van der Waals surface area (Å²) in [6, 6.07) is 0.312. The number of rotatable bonds is 3. The lowest BCUT2D eigenvalue weighted by Crippen LogP contribution is -2.71. The number of hydrogen-bond acceptors (Lipinski definition) is 3. The second kappa shape index (κ2) is 4.93. The third-order valence-electron chi connectivity index (χ3n) is 4.92. The van der Waals surface area contributed by atoms with Gasteiger partial charge < -0.3 is 15.0 Å². The van der Waals surface area contributed by atoms with E-state index in [1.807, 2.05) is 11.9 Å². The van der Waals surface area contributed by atoms with Gasteiger partial charge in [0.05, 0.1) is 13.3 Å². The smallest absolute Gasteiger partial charge is 0.322 e. The number of carbonyl (C=O) groups is 1. The van der Waals surface area contributed by atoms with Crippen LogP contribution >= 0.6 is 0 Å². The van der Waals surface area contributed by atoms with E-state index in [1.165, 1.54) is 19.3 Å². The Morgan fingerprint density at radius 1 is 1.52 bits per heavy atom. The first-order valence-corrected chi connectivity index (χ1v) is 7.62. The van der Waals surface area contributed by atoms with E-state index in [1.54, 1.807) is 18.0 Å². The van der Waals surface area contributed by atoms with E-state index >= 15 is 0 Å². The van der Waals surface area contributed by atoms with Gasteiger partial charge in [-0.05, 0) is 18.8 Å². The molecule has 1 unspecified atom stereocenters. The van der Waals surface area contributed by atoms with E-state index in [0.717, 1.165) is 6.54 Å². The first-order chi connectivity index (χ1) is 9.97. The Bertz CT molecular complexity index is 548.